The standard InChI is InChI=1S/C17H23FN2O/c1-10(13-5-3-4-6-14(13)18)20(2)17(21)15-11-7-8-12(9-11)16(15)19/h3-6,10-12,15-16H,7-9,19H2,1-2H3. The first kappa shape index (κ1) is 14.5. The zero-order valence-corrected chi connectivity index (χ0v) is 12.6. The van der Waals surface area contributed by atoms with Crippen molar-refractivity contribution >= 4 is 5.91 Å². The first-order valence-electron chi connectivity index (χ1n) is 7.77. The monoisotopic (exact) mass is 290 g/mol. The van der Waals surface area contributed by atoms with Gasteiger partial charge < -0.3 is 10.6 Å². The summed E-state index contributed by atoms with van der Waals surface area (Å²) in [7, 11) is 1.76. The molecule has 0 saturated heterocycles. The molecule has 2 bridgehead atoms. The molecule has 2 fully saturated rings. The Balaban J connectivity index is 1.77. The van der Waals surface area contributed by atoms with E-state index in [0.717, 1.165) is 19.3 Å². The molecule has 5 unspecified atom stereocenters. The van der Waals surface area contributed by atoms with Gasteiger partial charge in [0, 0.05) is 18.7 Å². The average Bonchev–Trinajstić information content (AvgIpc) is 3.06. The summed E-state index contributed by atoms with van der Waals surface area (Å²) in [5, 5.41) is 0. The minimum absolute atomic E-state index is 0.0217. The number of carbonyl (C=O) groups is 1. The Bertz CT molecular complexity index is 545. The molecule has 3 rings (SSSR count). The Morgan fingerprint density at radius 2 is 2.00 bits per heavy atom. The molecule has 5 atom stereocenters. The number of nitrogens with zero attached hydrogens (tertiary/aromatic N) is 1. The van der Waals surface area contributed by atoms with E-state index in [0.29, 0.717) is 17.4 Å². The van der Waals surface area contributed by atoms with Crippen LogP contribution in [0.25, 0.3) is 0 Å². The lowest BCUT2D eigenvalue weighted by Gasteiger charge is -2.34. The zero-order valence-electron chi connectivity index (χ0n) is 12.6. The largest absolute Gasteiger partial charge is 0.339 e. The van der Waals surface area contributed by atoms with Crippen LogP contribution in [0.4, 0.5) is 4.39 Å². The molecule has 21 heavy (non-hydrogen) atoms. The third-order valence-electron chi connectivity index (χ3n) is 5.55. The van der Waals surface area contributed by atoms with Crippen molar-refractivity contribution in [1.82, 2.24) is 4.90 Å². The second-order valence-corrected chi connectivity index (χ2v) is 6.58. The summed E-state index contributed by atoms with van der Waals surface area (Å²) in [6, 6.07) is 6.35. The lowest BCUT2D eigenvalue weighted by Crippen LogP contribution is -2.46. The molecule has 1 aromatic rings. The number of hydrogen-bond acceptors (Lipinski definition) is 2. The summed E-state index contributed by atoms with van der Waals surface area (Å²) in [5.74, 6) is 0.657. The number of benzene rings is 1. The van der Waals surface area contributed by atoms with Crippen LogP contribution in [0.2, 0.25) is 0 Å². The molecule has 3 nitrogen and oxygen atoms in total. The molecule has 1 amide bonds. The Kier molecular flexibility index (Phi) is 3.74. The molecule has 114 valence electrons. The van der Waals surface area contributed by atoms with Gasteiger partial charge in [-0.3, -0.25) is 4.79 Å². The van der Waals surface area contributed by atoms with E-state index in [2.05, 4.69) is 0 Å². The lowest BCUT2D eigenvalue weighted by atomic mass is 9.83. The number of halogens is 1. The normalized spacial score (nSPS) is 32.2. The minimum Gasteiger partial charge on any atom is -0.339 e. The van der Waals surface area contributed by atoms with Crippen molar-refractivity contribution in [3.05, 3.63) is 35.6 Å². The Labute approximate surface area is 125 Å². The van der Waals surface area contributed by atoms with E-state index in [1.54, 1.807) is 30.1 Å². The van der Waals surface area contributed by atoms with Gasteiger partial charge in [0.1, 0.15) is 5.82 Å². The molecule has 1 aromatic carbocycles. The third kappa shape index (κ3) is 2.35. The molecule has 0 radical (unpaired) electrons. The van der Waals surface area contributed by atoms with Crippen molar-refractivity contribution in [3.8, 4) is 0 Å². The van der Waals surface area contributed by atoms with Gasteiger partial charge in [-0.2, -0.15) is 0 Å². The fraction of sp³-hybridized carbons (Fsp3) is 0.588. The molecule has 2 N–H and O–H groups in total. The van der Waals surface area contributed by atoms with Gasteiger partial charge in [-0.25, -0.2) is 4.39 Å². The Morgan fingerprint density at radius 3 is 2.62 bits per heavy atom. The molecule has 2 aliphatic rings. The lowest BCUT2D eigenvalue weighted by molar-refractivity contribution is -0.138. The second kappa shape index (κ2) is 5.41. The van der Waals surface area contributed by atoms with Crippen molar-refractivity contribution in [3.63, 3.8) is 0 Å². The smallest absolute Gasteiger partial charge is 0.227 e. The number of nitrogens with two attached hydrogens (primary N) is 1. The van der Waals surface area contributed by atoms with E-state index in [1.807, 2.05) is 6.92 Å². The number of carbonyl (C=O) groups excluding carboxylic acids is 1. The van der Waals surface area contributed by atoms with Gasteiger partial charge in [0.05, 0.1) is 12.0 Å². The van der Waals surface area contributed by atoms with Gasteiger partial charge in [0.2, 0.25) is 5.91 Å². The summed E-state index contributed by atoms with van der Waals surface area (Å²) < 4.78 is 13.9. The van der Waals surface area contributed by atoms with Gasteiger partial charge in [-0.1, -0.05) is 18.2 Å². The third-order valence-corrected chi connectivity index (χ3v) is 5.55. The van der Waals surface area contributed by atoms with Crippen LogP contribution in [-0.2, 0) is 4.79 Å². The highest BCUT2D eigenvalue weighted by atomic mass is 19.1. The van der Waals surface area contributed by atoms with Gasteiger partial charge >= 0.3 is 0 Å². The maximum atomic E-state index is 13.9. The highest BCUT2D eigenvalue weighted by molar-refractivity contribution is 5.80. The van der Waals surface area contributed by atoms with Crippen molar-refractivity contribution in [1.29, 1.82) is 0 Å². The van der Waals surface area contributed by atoms with Gasteiger partial charge in [0.15, 0.2) is 0 Å². The van der Waals surface area contributed by atoms with Crippen molar-refractivity contribution in [2.45, 2.75) is 38.3 Å². The topological polar surface area (TPSA) is 46.3 Å². The van der Waals surface area contributed by atoms with Crippen LogP contribution in [0.3, 0.4) is 0 Å². The van der Waals surface area contributed by atoms with Crippen molar-refractivity contribution < 1.29 is 9.18 Å². The summed E-state index contributed by atoms with van der Waals surface area (Å²) in [6.45, 7) is 1.87. The van der Waals surface area contributed by atoms with E-state index >= 15 is 0 Å². The number of amides is 1. The predicted molar refractivity (Wildman–Crippen MR) is 79.9 cm³/mol. The Morgan fingerprint density at radius 1 is 1.33 bits per heavy atom. The van der Waals surface area contributed by atoms with E-state index < -0.39 is 0 Å². The van der Waals surface area contributed by atoms with Crippen LogP contribution >= 0.6 is 0 Å². The van der Waals surface area contributed by atoms with Gasteiger partial charge in [0.25, 0.3) is 0 Å². The maximum Gasteiger partial charge on any atom is 0.227 e. The quantitative estimate of drug-likeness (QED) is 0.930. The highest BCUT2D eigenvalue weighted by Crippen LogP contribution is 2.48. The molecule has 0 aliphatic heterocycles. The van der Waals surface area contributed by atoms with E-state index in [-0.39, 0.29) is 29.7 Å². The molecule has 2 saturated carbocycles. The van der Waals surface area contributed by atoms with E-state index in [9.17, 15) is 9.18 Å². The molecule has 4 heteroatoms. The summed E-state index contributed by atoms with van der Waals surface area (Å²) >= 11 is 0. The van der Waals surface area contributed by atoms with Crippen LogP contribution in [0.5, 0.6) is 0 Å². The van der Waals surface area contributed by atoms with Crippen LogP contribution in [-0.4, -0.2) is 23.9 Å². The summed E-state index contributed by atoms with van der Waals surface area (Å²) in [4.78, 5) is 14.5. The second-order valence-electron chi connectivity index (χ2n) is 6.58. The predicted octanol–water partition coefficient (Wildman–Crippen LogP) is 2.72. The van der Waals surface area contributed by atoms with Gasteiger partial charge in [-0.05, 0) is 44.1 Å². The minimum atomic E-state index is -0.273. The zero-order chi connectivity index (χ0) is 15.1. The number of fused-ring (bicyclic) bond motifs is 2. The fourth-order valence-corrected chi connectivity index (χ4v) is 4.15. The molecule has 0 heterocycles. The molecule has 0 spiro atoms. The molecule has 0 aromatic heterocycles. The molecule has 2 aliphatic carbocycles. The highest BCUT2D eigenvalue weighted by Gasteiger charge is 2.50. The number of hydrogen-bond donors (Lipinski definition) is 1. The van der Waals surface area contributed by atoms with Crippen molar-refractivity contribution in [2.75, 3.05) is 7.05 Å². The van der Waals surface area contributed by atoms with Crippen molar-refractivity contribution in [2.24, 2.45) is 23.5 Å². The SMILES string of the molecule is CC(c1ccccc1F)N(C)C(=O)C1C2CCC(C2)C1N. The van der Waals surface area contributed by atoms with Crippen LogP contribution in [0.1, 0.15) is 37.8 Å². The summed E-state index contributed by atoms with van der Waals surface area (Å²) in [6.07, 6.45) is 3.35. The van der Waals surface area contributed by atoms with Crippen LogP contribution in [0, 0.1) is 23.6 Å². The van der Waals surface area contributed by atoms with Crippen LogP contribution in [0.15, 0.2) is 24.3 Å². The van der Waals surface area contributed by atoms with E-state index in [4.69, 9.17) is 5.73 Å². The fourth-order valence-electron chi connectivity index (χ4n) is 4.15. The molecular formula is C17H23FN2O. The van der Waals surface area contributed by atoms with Crippen LogP contribution < -0.4 is 5.73 Å². The van der Waals surface area contributed by atoms with Gasteiger partial charge in [-0.15, -0.1) is 0 Å². The van der Waals surface area contributed by atoms with E-state index in [1.165, 1.54) is 6.07 Å². The Hall–Kier alpha value is -1.42. The summed E-state index contributed by atoms with van der Waals surface area (Å²) in [5.41, 5.74) is 6.81. The maximum absolute atomic E-state index is 13.9. The first-order valence-corrected chi connectivity index (χ1v) is 7.77. The first-order chi connectivity index (χ1) is 10.0. The average molecular weight is 290 g/mol. The number of rotatable bonds is 3. The molecular weight excluding hydrogens is 267 g/mol.